The monoisotopic (exact) mass is 804 g/mol. The molecule has 2 saturated heterocycles. The van der Waals surface area contributed by atoms with E-state index < -0.39 is 82.8 Å². The highest BCUT2D eigenvalue weighted by atomic mass is 31.2. The number of alkyl halides is 2. The minimum absolute atomic E-state index is 0.106. The van der Waals surface area contributed by atoms with Crippen LogP contribution in [0.5, 0.6) is 0 Å². The maximum atomic E-state index is 15.9. The van der Waals surface area contributed by atoms with Crippen LogP contribution < -0.4 is 10.6 Å². The molecule has 8 rings (SSSR count). The van der Waals surface area contributed by atoms with Crippen molar-refractivity contribution >= 4 is 60.9 Å². The zero-order valence-corrected chi connectivity index (χ0v) is 30.1. The first-order valence-electron chi connectivity index (χ1n) is 17.2. The number of anilines is 2. The second kappa shape index (κ2) is 15.9. The van der Waals surface area contributed by atoms with E-state index in [1.807, 2.05) is 0 Å². The number of nitrogens with one attached hydrogen (secondary N) is 2. The van der Waals surface area contributed by atoms with E-state index in [2.05, 4.69) is 40.5 Å². The Kier molecular flexibility index (Phi) is 10.7. The second-order valence-corrected chi connectivity index (χ2v) is 14.1. The number of amides is 2. The van der Waals surface area contributed by atoms with Crippen LogP contribution in [0.2, 0.25) is 0 Å². The number of fused-ring (bicyclic) bond motifs is 2. The van der Waals surface area contributed by atoms with Crippen molar-refractivity contribution in [2.75, 3.05) is 30.5 Å². The van der Waals surface area contributed by atoms with Crippen LogP contribution in [0, 0.1) is 0 Å². The molecule has 4 N–H and O–H groups in total. The van der Waals surface area contributed by atoms with E-state index >= 15 is 8.78 Å². The molecule has 6 aromatic rings. The van der Waals surface area contributed by atoms with E-state index in [1.54, 1.807) is 67.3 Å². The lowest BCUT2D eigenvalue weighted by molar-refractivity contribution is -0.0518. The highest BCUT2D eigenvalue weighted by molar-refractivity contribution is 7.89. The molecule has 6 unspecified atom stereocenters. The van der Waals surface area contributed by atoms with Crippen molar-refractivity contribution in [3.63, 3.8) is 0 Å². The van der Waals surface area contributed by atoms with Gasteiger partial charge in [-0.05, 0) is 24.3 Å². The van der Waals surface area contributed by atoms with Crippen LogP contribution >= 0.6 is 7.59 Å². The van der Waals surface area contributed by atoms with E-state index in [-0.39, 0.29) is 40.6 Å². The summed E-state index contributed by atoms with van der Waals surface area (Å²) in [6, 6.07) is 17.0. The lowest BCUT2D eigenvalue weighted by Crippen LogP contribution is -2.34. The lowest BCUT2D eigenvalue weighted by atomic mass is 10.1. The Morgan fingerprint density at radius 2 is 1.30 bits per heavy atom. The number of hydrogen-bond donors (Lipinski definition) is 4. The fourth-order valence-electron chi connectivity index (χ4n) is 6.42. The molecule has 9 atom stereocenters. The highest BCUT2D eigenvalue weighted by Crippen LogP contribution is 2.57. The average Bonchev–Trinajstić information content (AvgIpc) is 3.99. The predicted molar refractivity (Wildman–Crippen MR) is 204 cm³/mol. The molecule has 2 aliphatic heterocycles. The van der Waals surface area contributed by atoms with Crippen molar-refractivity contribution in [2.24, 2.45) is 0 Å². The lowest BCUT2D eigenvalue weighted by Gasteiger charge is -2.30. The van der Waals surface area contributed by atoms with Gasteiger partial charge in [-0.3, -0.25) is 23.2 Å². The number of aliphatic hydroxyl groups is 2. The van der Waals surface area contributed by atoms with Gasteiger partial charge < -0.3 is 30.3 Å². The van der Waals surface area contributed by atoms with Gasteiger partial charge in [0.05, 0.1) is 33.5 Å². The molecule has 2 fully saturated rings. The van der Waals surface area contributed by atoms with Crippen molar-refractivity contribution < 1.29 is 47.1 Å². The summed E-state index contributed by atoms with van der Waals surface area (Å²) in [7, 11) is -3.58. The molecule has 2 amide bonds. The predicted octanol–water partition coefficient (Wildman–Crippen LogP) is 2.15. The SMILES string of the molecule is [BH3-][P+](C)(OC[C@H]1O[C@@H](n2cnc3c(NC(=O)c4ccccc4)ncnc32)C(F)[C@H]1O)OC1C(F)C(CO)OC1n1cnc2c(NC(=O)c3ccccc3)ncnc21. The molecule has 0 radical (unpaired) electrons. The van der Waals surface area contributed by atoms with Crippen LogP contribution in [0.3, 0.4) is 0 Å². The van der Waals surface area contributed by atoms with Crippen LogP contribution in [0.1, 0.15) is 33.2 Å². The summed E-state index contributed by atoms with van der Waals surface area (Å²) in [4.78, 5) is 51.2. The summed E-state index contributed by atoms with van der Waals surface area (Å²) in [5.74, 6) is -0.614. The molecular formula is C35H36BF2N10O8P. The maximum Gasteiger partial charge on any atom is 0.256 e. The molecule has 57 heavy (non-hydrogen) atoms. The number of nitrogens with zero attached hydrogens (tertiary/aromatic N) is 8. The quantitative estimate of drug-likeness (QED) is 0.103. The number of rotatable bonds is 12. The molecule has 4 aromatic heterocycles. The molecule has 2 aromatic carbocycles. The van der Waals surface area contributed by atoms with Gasteiger partial charge in [-0.1, -0.05) is 36.4 Å². The minimum atomic E-state index is -2.76. The molecule has 296 valence electrons. The van der Waals surface area contributed by atoms with Gasteiger partial charge in [0.25, 0.3) is 11.8 Å². The molecule has 18 nitrogen and oxygen atoms in total. The van der Waals surface area contributed by atoms with Crippen LogP contribution in [0.25, 0.3) is 22.3 Å². The van der Waals surface area contributed by atoms with Crippen LogP contribution in [-0.2, 0) is 18.5 Å². The standard InChI is InChI=1S/C35H36BF2N10O8P/c1-57(36,53-13-21-26(50)23(38)34(55-21)47-16-43-24-28(39-14-41-30(24)47)45-32(51)18-8-4-2-5-9-18)56-27-22(37)20(12-49)54-35(27)48-17-44-25-29(40-15-42-31(25)48)46-33(52)19-10-6-3-7-11-19/h2-11,14-17,20-23,26-27,34-35,49-50H,12-13H2,1,36H3,(H,39,41,45,51)(H,40,42,46,52)/t20?,21-,22?,23?,26+,27?,34-,35?,57?/m1/s1. The molecule has 6 heterocycles. The number of hydrogen-bond acceptors (Lipinski definition) is 14. The van der Waals surface area contributed by atoms with E-state index in [4.69, 9.17) is 18.5 Å². The van der Waals surface area contributed by atoms with E-state index in [0.717, 1.165) is 0 Å². The Morgan fingerprint density at radius 3 is 1.82 bits per heavy atom. The van der Waals surface area contributed by atoms with E-state index in [1.165, 1.54) is 34.4 Å². The fraction of sp³-hybridized carbons (Fsp3) is 0.314. The van der Waals surface area contributed by atoms with Crippen LogP contribution in [-0.4, -0.2) is 125 Å². The van der Waals surface area contributed by atoms with Crippen molar-refractivity contribution in [3.8, 4) is 0 Å². The first kappa shape index (κ1) is 38.5. The molecule has 22 heteroatoms. The zero-order valence-electron chi connectivity index (χ0n) is 29.2. The van der Waals surface area contributed by atoms with E-state index in [0.29, 0.717) is 11.1 Å². The average molecular weight is 805 g/mol. The Labute approximate surface area is 323 Å². The number of benzene rings is 2. The fourth-order valence-corrected chi connectivity index (χ4v) is 7.40. The largest absolute Gasteiger partial charge is 0.394 e. The summed E-state index contributed by atoms with van der Waals surface area (Å²) in [6.45, 7) is 0.794. The Hall–Kier alpha value is -5.41. The van der Waals surface area contributed by atoms with Gasteiger partial charge in [-0.25, -0.2) is 43.2 Å². The summed E-state index contributed by atoms with van der Waals surface area (Å²) in [5.41, 5.74) is 1.57. The number of imidazole rings is 2. The van der Waals surface area contributed by atoms with Gasteiger partial charge >= 0.3 is 0 Å². The number of aliphatic hydroxyl groups excluding tert-OH is 2. The maximum absolute atomic E-state index is 15.9. The minimum Gasteiger partial charge on any atom is -0.394 e. The van der Waals surface area contributed by atoms with Crippen LogP contribution in [0.15, 0.2) is 86.0 Å². The topological polar surface area (TPSA) is 223 Å². The van der Waals surface area contributed by atoms with Gasteiger partial charge in [-0.2, -0.15) is 0 Å². The molecule has 0 saturated carbocycles. The number of carbonyl (C=O) groups excluding carboxylic acids is 2. The summed E-state index contributed by atoms with van der Waals surface area (Å²) < 4.78 is 58.9. The van der Waals surface area contributed by atoms with Crippen molar-refractivity contribution in [1.82, 2.24) is 39.0 Å². The molecule has 0 aliphatic carbocycles. The summed E-state index contributed by atoms with van der Waals surface area (Å²) in [6.07, 6.45) is -6.44. The van der Waals surface area contributed by atoms with Crippen molar-refractivity contribution in [3.05, 3.63) is 97.1 Å². The number of halogens is 2. The van der Waals surface area contributed by atoms with Gasteiger partial charge in [0, 0.05) is 11.1 Å². The van der Waals surface area contributed by atoms with Crippen LogP contribution in [0.4, 0.5) is 20.4 Å². The number of ether oxygens (including phenoxy) is 2. The molecule has 0 spiro atoms. The van der Waals surface area contributed by atoms with Gasteiger partial charge in [0.1, 0.15) is 37.6 Å². The smallest absolute Gasteiger partial charge is 0.256 e. The van der Waals surface area contributed by atoms with Gasteiger partial charge in [-0.15, -0.1) is 0 Å². The van der Waals surface area contributed by atoms with Gasteiger partial charge in [0.2, 0.25) is 0 Å². The first-order valence-corrected chi connectivity index (χ1v) is 18.8. The third-order valence-electron chi connectivity index (χ3n) is 9.23. The Bertz CT molecular complexity index is 2400. The van der Waals surface area contributed by atoms with Crippen molar-refractivity contribution in [2.45, 2.75) is 49.2 Å². The first-order chi connectivity index (χ1) is 27.5. The molecular weight excluding hydrogens is 768 g/mol. The Balaban J connectivity index is 0.957. The molecule has 0 bridgehead atoms. The highest BCUT2D eigenvalue weighted by Gasteiger charge is 2.52. The number of carbonyl (C=O) groups is 2. The molecule has 2 aliphatic rings. The third kappa shape index (κ3) is 7.57. The van der Waals surface area contributed by atoms with E-state index in [9.17, 15) is 19.8 Å². The van der Waals surface area contributed by atoms with Gasteiger partial charge in [0.15, 0.2) is 72.4 Å². The Morgan fingerprint density at radius 1 is 0.789 bits per heavy atom. The summed E-state index contributed by atoms with van der Waals surface area (Å²) >= 11 is 0. The zero-order chi connectivity index (χ0) is 39.8. The second-order valence-electron chi connectivity index (χ2n) is 12.7. The summed E-state index contributed by atoms with van der Waals surface area (Å²) in [5, 5.41) is 26.3. The van der Waals surface area contributed by atoms with Crippen molar-refractivity contribution in [1.29, 1.82) is 0 Å². The number of aromatic nitrogens is 8. The normalized spacial score (nSPS) is 25.8. The third-order valence-corrected chi connectivity index (χ3v) is 10.3.